The molecule has 15 heavy (non-hydrogen) atoms. The van der Waals surface area contributed by atoms with E-state index in [0.717, 1.165) is 5.75 Å². The van der Waals surface area contributed by atoms with E-state index < -0.39 is 0 Å². The average Bonchev–Trinajstić information content (AvgIpc) is 2.56. The van der Waals surface area contributed by atoms with Gasteiger partial charge in [-0.25, -0.2) is 0 Å². The van der Waals surface area contributed by atoms with Gasteiger partial charge >= 0.3 is 0 Å². The third-order valence-corrected chi connectivity index (χ3v) is 3.19. The van der Waals surface area contributed by atoms with E-state index >= 15 is 0 Å². The molecule has 0 nitrogen and oxygen atoms in total. The van der Waals surface area contributed by atoms with Crippen molar-refractivity contribution < 1.29 is 0 Å². The summed E-state index contributed by atoms with van der Waals surface area (Å²) in [5.41, 5.74) is 1.37. The Kier molecular flexibility index (Phi) is 3.64. The van der Waals surface area contributed by atoms with E-state index in [2.05, 4.69) is 54.6 Å². The first-order valence-corrected chi connectivity index (χ1v) is 5.99. The zero-order valence-corrected chi connectivity index (χ0v) is 9.28. The van der Waals surface area contributed by atoms with Gasteiger partial charge in [0.25, 0.3) is 0 Å². The highest BCUT2D eigenvalue weighted by molar-refractivity contribution is 7.69. The fourth-order valence-electron chi connectivity index (χ4n) is 1.32. The van der Waals surface area contributed by atoms with E-state index in [1.54, 1.807) is 0 Å². The van der Waals surface area contributed by atoms with Gasteiger partial charge in [0, 0.05) is 17.7 Å². The first-order valence-electron chi connectivity index (χ1n) is 5.00. The Bertz CT molecular complexity index is 453. The summed E-state index contributed by atoms with van der Waals surface area (Å²) in [4.78, 5) is 0. The Hall–Kier alpha value is -1.47. The molecule has 2 rings (SSSR count). The predicted molar refractivity (Wildman–Crippen MR) is 67.2 cm³/mol. The third kappa shape index (κ3) is 3.30. The fourth-order valence-corrected chi connectivity index (χ4v) is 2.20. The molecule has 0 heterocycles. The van der Waals surface area contributed by atoms with Gasteiger partial charge in [0.05, 0.1) is 0 Å². The SMILES string of the molecule is c1ccc(C[S+]=c2cccccc2)cc1. The lowest BCUT2D eigenvalue weighted by Crippen LogP contribution is -1.80. The summed E-state index contributed by atoms with van der Waals surface area (Å²) in [7, 11) is 0. The minimum absolute atomic E-state index is 1.03. The smallest absolute Gasteiger partial charge is 0.0622 e. The number of rotatable bonds is 2. The highest BCUT2D eigenvalue weighted by Gasteiger charge is 1.97. The van der Waals surface area contributed by atoms with Gasteiger partial charge in [-0.1, -0.05) is 54.6 Å². The molecule has 0 saturated heterocycles. The van der Waals surface area contributed by atoms with Crippen LogP contribution in [0.2, 0.25) is 0 Å². The molecule has 0 aliphatic heterocycles. The Labute approximate surface area is 94.2 Å². The molecule has 0 atom stereocenters. The molecule has 1 heteroatoms. The first kappa shape index (κ1) is 10.1. The first-order chi connectivity index (χ1) is 7.45. The van der Waals surface area contributed by atoms with Crippen molar-refractivity contribution in [3.8, 4) is 0 Å². The molecule has 2 aromatic carbocycles. The molecule has 2 aromatic rings. The molecule has 0 bridgehead atoms. The number of benzene rings is 1. The normalized spacial score (nSPS) is 9.60. The third-order valence-electron chi connectivity index (χ3n) is 2.10. The summed E-state index contributed by atoms with van der Waals surface area (Å²) in [5.74, 6) is 1.03. The summed E-state index contributed by atoms with van der Waals surface area (Å²) in [6.45, 7) is 0. The van der Waals surface area contributed by atoms with Crippen molar-refractivity contribution in [2.24, 2.45) is 0 Å². The van der Waals surface area contributed by atoms with Crippen LogP contribution >= 0.6 is 0 Å². The van der Waals surface area contributed by atoms with Gasteiger partial charge in [0.2, 0.25) is 10.3 Å². The van der Waals surface area contributed by atoms with Crippen LogP contribution in [0.15, 0.2) is 66.7 Å². The van der Waals surface area contributed by atoms with E-state index in [9.17, 15) is 0 Å². The minimum Gasteiger partial charge on any atom is -0.0622 e. The van der Waals surface area contributed by atoms with Crippen molar-refractivity contribution in [1.29, 1.82) is 0 Å². The number of hydrogen-bond acceptors (Lipinski definition) is 0. The van der Waals surface area contributed by atoms with Gasteiger partial charge in [-0.15, -0.1) is 0 Å². The van der Waals surface area contributed by atoms with Gasteiger partial charge in [-0.3, -0.25) is 0 Å². The molecule has 0 fully saturated rings. The van der Waals surface area contributed by atoms with Gasteiger partial charge in [0.15, 0.2) is 11.4 Å². The van der Waals surface area contributed by atoms with Gasteiger partial charge in [-0.2, -0.15) is 0 Å². The van der Waals surface area contributed by atoms with Crippen molar-refractivity contribution in [1.82, 2.24) is 0 Å². The Balaban J connectivity index is 2.20. The molecule has 0 amide bonds. The maximum absolute atomic E-state index is 2.16. The molecule has 74 valence electrons. The van der Waals surface area contributed by atoms with E-state index in [0.29, 0.717) is 0 Å². The monoisotopic (exact) mass is 213 g/mol. The second-order valence-electron chi connectivity index (χ2n) is 3.28. The molecule has 0 spiro atoms. The van der Waals surface area contributed by atoms with Crippen LogP contribution in [0.5, 0.6) is 0 Å². The van der Waals surface area contributed by atoms with Gasteiger partial charge < -0.3 is 0 Å². The van der Waals surface area contributed by atoms with Crippen molar-refractivity contribution in [3.63, 3.8) is 0 Å². The lowest BCUT2D eigenvalue weighted by molar-refractivity contribution is 1.42. The van der Waals surface area contributed by atoms with Gasteiger partial charge in [-0.05, 0) is 0 Å². The molecule has 0 N–H and O–H groups in total. The molecule has 0 aliphatic carbocycles. The summed E-state index contributed by atoms with van der Waals surface area (Å²) < 4.78 is 1.31. The van der Waals surface area contributed by atoms with Crippen LogP contribution in [-0.4, -0.2) is 0 Å². The van der Waals surface area contributed by atoms with Crippen LogP contribution in [-0.2, 0) is 17.1 Å². The molecule has 0 saturated carbocycles. The second kappa shape index (κ2) is 5.42. The summed E-state index contributed by atoms with van der Waals surface area (Å²) >= 11 is 1.87. The maximum Gasteiger partial charge on any atom is 0.224 e. The molecular formula is C14H13S+. The fraction of sp³-hybridized carbons (Fsp3) is 0.0714. The topological polar surface area (TPSA) is 0 Å². The lowest BCUT2D eigenvalue weighted by Gasteiger charge is -1.85. The Morgan fingerprint density at radius 3 is 1.87 bits per heavy atom. The number of hydrogen-bond donors (Lipinski definition) is 0. The van der Waals surface area contributed by atoms with Crippen LogP contribution in [0, 0.1) is 4.51 Å². The summed E-state index contributed by atoms with van der Waals surface area (Å²) in [5, 5.41) is 0. The zero-order chi connectivity index (χ0) is 10.3. The van der Waals surface area contributed by atoms with Crippen LogP contribution < -0.4 is 0 Å². The summed E-state index contributed by atoms with van der Waals surface area (Å²) in [6.07, 6.45) is 0. The maximum atomic E-state index is 2.16. The second-order valence-corrected chi connectivity index (χ2v) is 4.33. The standard InChI is InChI=1S/C14H13S/c1-2-7-11-14(10-6-1)15-12-13-8-4-3-5-9-13/h1-11H,12H2/q+1. The van der Waals surface area contributed by atoms with Crippen molar-refractivity contribution in [2.45, 2.75) is 5.75 Å². The van der Waals surface area contributed by atoms with Crippen molar-refractivity contribution in [3.05, 3.63) is 76.8 Å². The molecule has 0 unspecified atom stereocenters. The summed E-state index contributed by atoms with van der Waals surface area (Å²) in [6, 6.07) is 23.1. The van der Waals surface area contributed by atoms with E-state index in [-0.39, 0.29) is 0 Å². The van der Waals surface area contributed by atoms with Crippen molar-refractivity contribution in [2.75, 3.05) is 0 Å². The quantitative estimate of drug-likeness (QED) is 0.529. The zero-order valence-electron chi connectivity index (χ0n) is 8.47. The molecule has 0 radical (unpaired) electrons. The molecule has 0 aromatic heterocycles. The highest BCUT2D eigenvalue weighted by Crippen LogP contribution is 1.99. The van der Waals surface area contributed by atoms with Gasteiger partial charge in [0.1, 0.15) is 0 Å². The van der Waals surface area contributed by atoms with E-state index in [1.807, 2.05) is 23.5 Å². The molecule has 0 aliphatic rings. The minimum atomic E-state index is 1.03. The van der Waals surface area contributed by atoms with E-state index in [1.165, 1.54) is 10.1 Å². The predicted octanol–water partition coefficient (Wildman–Crippen LogP) is 3.50. The van der Waals surface area contributed by atoms with Crippen molar-refractivity contribution >= 4 is 11.4 Å². The Morgan fingerprint density at radius 2 is 1.20 bits per heavy atom. The average molecular weight is 213 g/mol. The van der Waals surface area contributed by atoms with E-state index in [4.69, 9.17) is 0 Å². The lowest BCUT2D eigenvalue weighted by atomic mass is 10.2. The van der Waals surface area contributed by atoms with Crippen LogP contribution in [0.4, 0.5) is 0 Å². The molecular weight excluding hydrogens is 200 g/mol. The largest absolute Gasteiger partial charge is 0.224 e. The highest BCUT2D eigenvalue weighted by atomic mass is 32.1. The van der Waals surface area contributed by atoms with Crippen LogP contribution in [0.1, 0.15) is 5.56 Å². The van der Waals surface area contributed by atoms with Crippen LogP contribution in [0.25, 0.3) is 0 Å². The van der Waals surface area contributed by atoms with Crippen LogP contribution in [0.3, 0.4) is 0 Å². The Morgan fingerprint density at radius 1 is 0.667 bits per heavy atom.